The van der Waals surface area contributed by atoms with Crippen LogP contribution in [0.3, 0.4) is 0 Å². The molecular formula is C20H30IN3O5. The van der Waals surface area contributed by atoms with Crippen molar-refractivity contribution in [3.63, 3.8) is 0 Å². The fraction of sp³-hybridized carbons (Fsp3) is 0.650. The van der Waals surface area contributed by atoms with E-state index in [1.54, 1.807) is 31.7 Å². The van der Waals surface area contributed by atoms with E-state index >= 15 is 0 Å². The van der Waals surface area contributed by atoms with Crippen molar-refractivity contribution in [2.75, 3.05) is 18.4 Å². The molecule has 0 aliphatic carbocycles. The third-order valence-corrected chi connectivity index (χ3v) is 4.92. The van der Waals surface area contributed by atoms with Gasteiger partial charge in [-0.1, -0.05) is 0 Å². The Kier molecular flexibility index (Phi) is 7.23. The zero-order chi connectivity index (χ0) is 22.0. The lowest BCUT2D eigenvalue weighted by Crippen LogP contribution is -2.41. The Morgan fingerprint density at radius 1 is 1.14 bits per heavy atom. The van der Waals surface area contributed by atoms with Gasteiger partial charge in [0.15, 0.2) is 5.75 Å². The summed E-state index contributed by atoms with van der Waals surface area (Å²) < 4.78 is 11.1. The maximum absolute atomic E-state index is 12.2. The van der Waals surface area contributed by atoms with Gasteiger partial charge in [0.2, 0.25) is 0 Å². The molecule has 1 saturated heterocycles. The summed E-state index contributed by atoms with van der Waals surface area (Å²) in [6, 6.07) is 1.68. The number of ether oxygens (including phenoxy) is 2. The number of carbonyl (C=O) groups excluding carboxylic acids is 2. The van der Waals surface area contributed by atoms with Crippen molar-refractivity contribution >= 4 is 40.5 Å². The number of aromatic hydroxyl groups is 1. The molecule has 1 aliphatic rings. The molecule has 162 valence electrons. The van der Waals surface area contributed by atoms with Crippen LogP contribution in [0.2, 0.25) is 0 Å². The molecule has 0 aromatic carbocycles. The van der Waals surface area contributed by atoms with Crippen molar-refractivity contribution in [1.29, 1.82) is 0 Å². The number of likely N-dealkylation sites (tertiary alicyclic amines) is 1. The number of nitrogens with zero attached hydrogens (tertiary/aromatic N) is 2. The molecule has 1 aromatic rings. The first-order valence-electron chi connectivity index (χ1n) is 9.62. The zero-order valence-electron chi connectivity index (χ0n) is 17.8. The summed E-state index contributed by atoms with van der Waals surface area (Å²) >= 11 is 1.94. The van der Waals surface area contributed by atoms with E-state index in [1.165, 1.54) is 0 Å². The molecule has 0 bridgehead atoms. The van der Waals surface area contributed by atoms with Crippen LogP contribution >= 0.6 is 22.6 Å². The van der Waals surface area contributed by atoms with Gasteiger partial charge < -0.3 is 19.5 Å². The summed E-state index contributed by atoms with van der Waals surface area (Å²) in [7, 11) is 0. The smallest absolute Gasteiger partial charge is 0.412 e. The fourth-order valence-corrected chi connectivity index (χ4v) is 3.50. The van der Waals surface area contributed by atoms with Crippen LogP contribution in [0.15, 0.2) is 6.07 Å². The van der Waals surface area contributed by atoms with E-state index in [0.29, 0.717) is 16.8 Å². The van der Waals surface area contributed by atoms with Crippen LogP contribution in [0, 0.1) is 3.70 Å². The Labute approximate surface area is 185 Å². The third kappa shape index (κ3) is 7.20. The minimum absolute atomic E-state index is 0.0913. The fourth-order valence-electron chi connectivity index (χ4n) is 2.93. The maximum Gasteiger partial charge on any atom is 0.412 e. The van der Waals surface area contributed by atoms with Crippen LogP contribution in [-0.2, 0) is 9.47 Å². The molecular weight excluding hydrogens is 489 g/mol. The number of carbonyl (C=O) groups is 2. The SMILES string of the molecule is CC(C)(C)OC(=O)Nc1cc(C2CCN(C(=O)OC(C)(C)C)CC2)nc(I)c1O. The second-order valence-electron chi connectivity index (χ2n) is 9.10. The minimum Gasteiger partial charge on any atom is -0.504 e. The van der Waals surface area contributed by atoms with Gasteiger partial charge >= 0.3 is 12.2 Å². The summed E-state index contributed by atoms with van der Waals surface area (Å²) in [6.07, 6.45) is 0.495. The van der Waals surface area contributed by atoms with Crippen molar-refractivity contribution in [3.8, 4) is 5.75 Å². The van der Waals surface area contributed by atoms with Crippen LogP contribution in [0.1, 0.15) is 66.0 Å². The molecule has 8 nitrogen and oxygen atoms in total. The average molecular weight is 519 g/mol. The van der Waals surface area contributed by atoms with E-state index < -0.39 is 17.3 Å². The Bertz CT molecular complexity index is 763. The average Bonchev–Trinajstić information content (AvgIpc) is 2.55. The highest BCUT2D eigenvalue weighted by atomic mass is 127. The predicted octanol–water partition coefficient (Wildman–Crippen LogP) is 4.85. The quantitative estimate of drug-likeness (QED) is 0.428. The molecule has 0 radical (unpaired) electrons. The van der Waals surface area contributed by atoms with Gasteiger partial charge in [0.05, 0.1) is 5.69 Å². The first-order valence-corrected chi connectivity index (χ1v) is 10.7. The number of pyridine rings is 1. The Morgan fingerprint density at radius 2 is 1.69 bits per heavy atom. The van der Waals surface area contributed by atoms with Crippen LogP contribution in [0.4, 0.5) is 15.3 Å². The summed E-state index contributed by atoms with van der Waals surface area (Å²) in [4.78, 5) is 30.5. The van der Waals surface area contributed by atoms with Crippen molar-refractivity contribution in [2.45, 2.75) is 71.5 Å². The van der Waals surface area contributed by atoms with Gasteiger partial charge in [0, 0.05) is 24.7 Å². The lowest BCUT2D eigenvalue weighted by Gasteiger charge is -2.33. The van der Waals surface area contributed by atoms with E-state index in [2.05, 4.69) is 10.3 Å². The van der Waals surface area contributed by atoms with Crippen molar-refractivity contribution in [2.24, 2.45) is 0 Å². The number of hydrogen-bond donors (Lipinski definition) is 2. The first kappa shape index (κ1) is 23.5. The van der Waals surface area contributed by atoms with Crippen LogP contribution in [0.25, 0.3) is 0 Å². The highest BCUT2D eigenvalue weighted by Gasteiger charge is 2.29. The molecule has 1 aromatic heterocycles. The third-order valence-electron chi connectivity index (χ3n) is 4.17. The number of hydrogen-bond acceptors (Lipinski definition) is 6. The molecule has 0 atom stereocenters. The standard InChI is InChI=1S/C20H30IN3O5/c1-19(2,3)28-17(26)23-14-11-13(22-16(21)15(14)25)12-7-9-24(10-8-12)18(27)29-20(4,5)6/h11-12,25H,7-10H2,1-6H3,(H,22,23,26). The van der Waals surface area contributed by atoms with Crippen molar-refractivity contribution in [1.82, 2.24) is 9.88 Å². The number of anilines is 1. The topological polar surface area (TPSA) is 101 Å². The molecule has 1 fully saturated rings. The first-order chi connectivity index (χ1) is 13.2. The molecule has 2 N–H and O–H groups in total. The van der Waals surface area contributed by atoms with Gasteiger partial charge in [-0.25, -0.2) is 14.6 Å². The number of rotatable bonds is 2. The number of piperidine rings is 1. The maximum atomic E-state index is 12.2. The monoisotopic (exact) mass is 519 g/mol. The van der Waals surface area contributed by atoms with E-state index in [-0.39, 0.29) is 23.4 Å². The van der Waals surface area contributed by atoms with Gasteiger partial charge in [-0.15, -0.1) is 0 Å². The lowest BCUT2D eigenvalue weighted by atomic mass is 9.93. The van der Waals surface area contributed by atoms with Crippen LogP contribution < -0.4 is 5.32 Å². The number of aromatic nitrogens is 1. The van der Waals surface area contributed by atoms with Gasteiger partial charge in [-0.05, 0) is 83.0 Å². The highest BCUT2D eigenvalue weighted by Crippen LogP contribution is 2.35. The molecule has 1 aliphatic heterocycles. The Morgan fingerprint density at radius 3 is 2.21 bits per heavy atom. The zero-order valence-corrected chi connectivity index (χ0v) is 20.0. The Balaban J connectivity index is 2.07. The van der Waals surface area contributed by atoms with Gasteiger partial charge in [0.1, 0.15) is 14.9 Å². The molecule has 9 heteroatoms. The van der Waals surface area contributed by atoms with Crippen molar-refractivity contribution in [3.05, 3.63) is 15.5 Å². The highest BCUT2D eigenvalue weighted by molar-refractivity contribution is 14.1. The summed E-state index contributed by atoms with van der Waals surface area (Å²) in [6.45, 7) is 12.0. The van der Waals surface area contributed by atoms with Gasteiger partial charge in [-0.2, -0.15) is 0 Å². The van der Waals surface area contributed by atoms with Gasteiger partial charge in [-0.3, -0.25) is 5.32 Å². The number of halogens is 1. The summed E-state index contributed by atoms with van der Waals surface area (Å²) in [5, 5.41) is 12.9. The van der Waals surface area contributed by atoms with E-state index in [0.717, 1.165) is 18.5 Å². The molecule has 0 spiro atoms. The molecule has 2 amide bonds. The summed E-state index contributed by atoms with van der Waals surface area (Å²) in [5.74, 6) is 0.0217. The largest absolute Gasteiger partial charge is 0.504 e. The van der Waals surface area contributed by atoms with E-state index in [4.69, 9.17) is 9.47 Å². The second kappa shape index (κ2) is 8.93. The predicted molar refractivity (Wildman–Crippen MR) is 118 cm³/mol. The normalized spacial score (nSPS) is 15.8. The minimum atomic E-state index is -0.642. The molecule has 2 heterocycles. The van der Waals surface area contributed by atoms with Crippen LogP contribution in [0.5, 0.6) is 5.75 Å². The van der Waals surface area contributed by atoms with E-state index in [9.17, 15) is 14.7 Å². The molecule has 2 rings (SSSR count). The second-order valence-corrected chi connectivity index (χ2v) is 10.1. The molecule has 0 unspecified atom stereocenters. The number of nitrogens with one attached hydrogen (secondary N) is 1. The van der Waals surface area contributed by atoms with Crippen LogP contribution in [-0.4, -0.2) is 51.5 Å². The summed E-state index contributed by atoms with van der Waals surface area (Å²) in [5.41, 5.74) is -0.132. The van der Waals surface area contributed by atoms with Gasteiger partial charge in [0.25, 0.3) is 0 Å². The van der Waals surface area contributed by atoms with E-state index in [1.807, 2.05) is 43.4 Å². The molecule has 0 saturated carbocycles. The molecule has 29 heavy (non-hydrogen) atoms. The van der Waals surface area contributed by atoms with Crippen molar-refractivity contribution < 1.29 is 24.2 Å². The lowest BCUT2D eigenvalue weighted by molar-refractivity contribution is 0.0203. The number of amides is 2. The Hall–Kier alpha value is -1.78.